The molecule has 2 aromatic rings. The summed E-state index contributed by atoms with van der Waals surface area (Å²) in [6, 6.07) is 15.3. The number of ether oxygens (including phenoxy) is 1. The van der Waals surface area contributed by atoms with Crippen molar-refractivity contribution in [1.82, 2.24) is 4.90 Å². The molecule has 0 saturated carbocycles. The molecule has 1 saturated heterocycles. The molecule has 27 heavy (non-hydrogen) atoms. The molecule has 1 heterocycles. The predicted octanol–water partition coefficient (Wildman–Crippen LogP) is 3.82. The third-order valence-corrected chi connectivity index (χ3v) is 5.34. The Labute approximate surface area is 156 Å². The van der Waals surface area contributed by atoms with Gasteiger partial charge in [0.25, 0.3) is 0 Å². The van der Waals surface area contributed by atoms with Gasteiger partial charge in [0.1, 0.15) is 12.8 Å². The number of amides is 1. The molecular weight excluding hydrogens is 349 g/mol. The Hall–Kier alpha value is -2.89. The van der Waals surface area contributed by atoms with E-state index in [-0.39, 0.29) is 31.9 Å². The summed E-state index contributed by atoms with van der Waals surface area (Å²) >= 11 is 0. The molecule has 1 aliphatic carbocycles. The number of aliphatic carboxylic acids is 1. The molecule has 1 fully saturated rings. The Kier molecular flexibility index (Phi) is 4.56. The summed E-state index contributed by atoms with van der Waals surface area (Å²) < 4.78 is 19.2. The van der Waals surface area contributed by atoms with E-state index in [1.165, 1.54) is 4.90 Å². The first kappa shape index (κ1) is 17.5. The molecule has 1 aliphatic heterocycles. The van der Waals surface area contributed by atoms with Gasteiger partial charge in [-0.05, 0) is 22.3 Å². The summed E-state index contributed by atoms with van der Waals surface area (Å²) in [5.41, 5.74) is 4.45. The number of likely N-dealkylation sites (tertiary alicyclic amines) is 1. The van der Waals surface area contributed by atoms with Gasteiger partial charge in [-0.25, -0.2) is 9.18 Å². The Morgan fingerprint density at radius 2 is 1.67 bits per heavy atom. The molecule has 2 atom stereocenters. The van der Waals surface area contributed by atoms with Gasteiger partial charge in [-0.1, -0.05) is 48.5 Å². The first-order chi connectivity index (χ1) is 13.0. The Morgan fingerprint density at radius 3 is 2.26 bits per heavy atom. The van der Waals surface area contributed by atoms with Gasteiger partial charge in [0.15, 0.2) is 0 Å². The molecule has 5 nitrogen and oxygen atoms in total. The van der Waals surface area contributed by atoms with Gasteiger partial charge in [0, 0.05) is 18.4 Å². The lowest BCUT2D eigenvalue weighted by Gasteiger charge is -2.23. The molecule has 4 rings (SSSR count). The number of nitrogens with zero attached hydrogens (tertiary/aromatic N) is 1. The lowest BCUT2D eigenvalue weighted by molar-refractivity contribution is -0.138. The van der Waals surface area contributed by atoms with Crippen LogP contribution >= 0.6 is 0 Å². The molecule has 1 N–H and O–H groups in total. The smallest absolute Gasteiger partial charge is 0.410 e. The molecule has 0 bridgehead atoms. The fourth-order valence-electron chi connectivity index (χ4n) is 4.16. The second-order valence-electron chi connectivity index (χ2n) is 7.04. The van der Waals surface area contributed by atoms with Crippen molar-refractivity contribution in [3.63, 3.8) is 0 Å². The number of halogens is 1. The summed E-state index contributed by atoms with van der Waals surface area (Å²) in [4.78, 5) is 24.7. The van der Waals surface area contributed by atoms with Crippen molar-refractivity contribution in [3.8, 4) is 11.1 Å². The number of benzene rings is 2. The van der Waals surface area contributed by atoms with Gasteiger partial charge in [-0.15, -0.1) is 0 Å². The van der Waals surface area contributed by atoms with E-state index >= 15 is 0 Å². The van der Waals surface area contributed by atoms with Crippen LogP contribution in [0.25, 0.3) is 11.1 Å². The van der Waals surface area contributed by atoms with E-state index in [0.29, 0.717) is 0 Å². The van der Waals surface area contributed by atoms with Crippen LogP contribution in [0.5, 0.6) is 0 Å². The Morgan fingerprint density at radius 1 is 1.07 bits per heavy atom. The van der Waals surface area contributed by atoms with Crippen LogP contribution in [0, 0.1) is 0 Å². The molecular formula is C21H20FNO4. The fraction of sp³-hybridized carbons (Fsp3) is 0.333. The van der Waals surface area contributed by atoms with Gasteiger partial charge in [0.05, 0.1) is 13.0 Å². The van der Waals surface area contributed by atoms with Gasteiger partial charge in [0.2, 0.25) is 0 Å². The SMILES string of the molecule is O=C(O)C[C@@H]1C[C@H](F)CN1C(=O)OCC1c2ccccc2-c2ccccc21. The molecule has 0 radical (unpaired) electrons. The lowest BCUT2D eigenvalue weighted by Crippen LogP contribution is -2.38. The van der Waals surface area contributed by atoms with E-state index in [1.54, 1.807) is 0 Å². The van der Waals surface area contributed by atoms with Crippen LogP contribution in [-0.4, -0.2) is 47.4 Å². The van der Waals surface area contributed by atoms with Crippen molar-refractivity contribution in [2.45, 2.75) is 31.0 Å². The zero-order chi connectivity index (χ0) is 19.0. The van der Waals surface area contributed by atoms with E-state index < -0.39 is 24.3 Å². The summed E-state index contributed by atoms with van der Waals surface area (Å²) in [7, 11) is 0. The fourth-order valence-corrected chi connectivity index (χ4v) is 4.16. The second-order valence-corrected chi connectivity index (χ2v) is 7.04. The summed E-state index contributed by atoms with van der Waals surface area (Å²) in [6.07, 6.45) is -2.10. The molecule has 140 valence electrons. The van der Waals surface area contributed by atoms with Crippen molar-refractivity contribution < 1.29 is 23.8 Å². The highest BCUT2D eigenvalue weighted by Crippen LogP contribution is 2.44. The second kappa shape index (κ2) is 7.02. The van der Waals surface area contributed by atoms with E-state index in [2.05, 4.69) is 0 Å². The van der Waals surface area contributed by atoms with E-state index in [4.69, 9.17) is 9.84 Å². The highest BCUT2D eigenvalue weighted by atomic mass is 19.1. The highest BCUT2D eigenvalue weighted by Gasteiger charge is 2.38. The van der Waals surface area contributed by atoms with Crippen LogP contribution < -0.4 is 0 Å². The zero-order valence-electron chi connectivity index (χ0n) is 14.7. The van der Waals surface area contributed by atoms with E-state index in [0.717, 1.165) is 22.3 Å². The minimum atomic E-state index is -1.21. The van der Waals surface area contributed by atoms with Gasteiger partial charge in [-0.2, -0.15) is 0 Å². The first-order valence-corrected chi connectivity index (χ1v) is 9.02. The minimum Gasteiger partial charge on any atom is -0.481 e. The first-order valence-electron chi connectivity index (χ1n) is 9.02. The van der Waals surface area contributed by atoms with Gasteiger partial charge >= 0.3 is 12.1 Å². The number of hydrogen-bond donors (Lipinski definition) is 1. The highest BCUT2D eigenvalue weighted by molar-refractivity contribution is 5.79. The van der Waals surface area contributed by atoms with E-state index in [1.807, 2.05) is 48.5 Å². The maximum absolute atomic E-state index is 13.7. The van der Waals surface area contributed by atoms with Crippen molar-refractivity contribution in [2.24, 2.45) is 0 Å². The number of hydrogen-bond acceptors (Lipinski definition) is 3. The zero-order valence-corrected chi connectivity index (χ0v) is 14.7. The molecule has 6 heteroatoms. The normalized spacial score (nSPS) is 21.0. The number of carboxylic acid groups (broad SMARTS) is 1. The molecule has 0 aromatic heterocycles. The van der Waals surface area contributed by atoms with Crippen LogP contribution in [-0.2, 0) is 9.53 Å². The molecule has 2 aromatic carbocycles. The summed E-state index contributed by atoms with van der Waals surface area (Å²) in [6.45, 7) is 0.0225. The number of fused-ring (bicyclic) bond motifs is 3. The third-order valence-electron chi connectivity index (χ3n) is 5.34. The van der Waals surface area contributed by atoms with Crippen LogP contribution in [0.4, 0.5) is 9.18 Å². The number of alkyl halides is 1. The monoisotopic (exact) mass is 369 g/mol. The largest absolute Gasteiger partial charge is 0.481 e. The standard InChI is InChI=1S/C21H20FNO4/c22-13-9-14(10-20(24)25)23(11-13)21(26)27-12-19-17-7-3-1-5-15(17)16-6-2-4-8-18(16)19/h1-8,13-14,19H,9-12H2,(H,24,25)/t13-,14-/m0/s1. The number of carboxylic acids is 1. The number of rotatable bonds is 4. The van der Waals surface area contributed by atoms with Crippen LogP contribution in [0.2, 0.25) is 0 Å². The predicted molar refractivity (Wildman–Crippen MR) is 97.3 cm³/mol. The maximum Gasteiger partial charge on any atom is 0.410 e. The lowest BCUT2D eigenvalue weighted by atomic mass is 9.98. The van der Waals surface area contributed by atoms with Gasteiger partial charge in [-0.3, -0.25) is 4.79 Å². The molecule has 2 aliphatic rings. The third kappa shape index (κ3) is 3.27. The molecule has 0 spiro atoms. The average Bonchev–Trinajstić information content (AvgIpc) is 3.17. The maximum atomic E-state index is 13.7. The van der Waals surface area contributed by atoms with Crippen LogP contribution in [0.15, 0.2) is 48.5 Å². The number of carbonyl (C=O) groups is 2. The average molecular weight is 369 g/mol. The van der Waals surface area contributed by atoms with Crippen molar-refractivity contribution in [1.29, 1.82) is 0 Å². The summed E-state index contributed by atoms with van der Waals surface area (Å²) in [5.74, 6) is -1.13. The molecule has 1 amide bonds. The van der Waals surface area contributed by atoms with Crippen LogP contribution in [0.3, 0.4) is 0 Å². The van der Waals surface area contributed by atoms with E-state index in [9.17, 15) is 14.0 Å². The van der Waals surface area contributed by atoms with Gasteiger partial charge < -0.3 is 14.7 Å². The quantitative estimate of drug-likeness (QED) is 0.890. The van der Waals surface area contributed by atoms with Crippen molar-refractivity contribution in [2.75, 3.05) is 13.2 Å². The van der Waals surface area contributed by atoms with Crippen molar-refractivity contribution in [3.05, 3.63) is 59.7 Å². The number of carbonyl (C=O) groups excluding carboxylic acids is 1. The Balaban J connectivity index is 1.50. The topological polar surface area (TPSA) is 66.8 Å². The van der Waals surface area contributed by atoms with Crippen molar-refractivity contribution >= 4 is 12.1 Å². The summed E-state index contributed by atoms with van der Waals surface area (Å²) in [5, 5.41) is 8.98. The van der Waals surface area contributed by atoms with Crippen LogP contribution in [0.1, 0.15) is 29.9 Å². The minimum absolute atomic E-state index is 0.0382. The Bertz CT molecular complexity index is 838. The molecule has 0 unspecified atom stereocenters.